The lowest BCUT2D eigenvalue weighted by atomic mass is 9.81. The summed E-state index contributed by atoms with van der Waals surface area (Å²) >= 11 is 0. The van der Waals surface area contributed by atoms with Gasteiger partial charge in [0.2, 0.25) is 17.7 Å². The summed E-state index contributed by atoms with van der Waals surface area (Å²) in [7, 11) is 0. The third-order valence-corrected chi connectivity index (χ3v) is 4.47. The second-order valence-corrected chi connectivity index (χ2v) is 6.93. The van der Waals surface area contributed by atoms with Crippen LogP contribution in [0.4, 0.5) is 0 Å². The van der Waals surface area contributed by atoms with Crippen LogP contribution in [0.3, 0.4) is 0 Å². The van der Waals surface area contributed by atoms with Gasteiger partial charge in [0.1, 0.15) is 6.54 Å². The van der Waals surface area contributed by atoms with E-state index in [0.29, 0.717) is 25.7 Å². The number of ether oxygens (including phenoxy) is 1. The zero-order valence-corrected chi connectivity index (χ0v) is 14.2. The molecular weight excluding hydrogens is 296 g/mol. The fraction of sp³-hybridized carbons (Fsp3) is 0.824. The van der Waals surface area contributed by atoms with E-state index in [4.69, 9.17) is 4.74 Å². The summed E-state index contributed by atoms with van der Waals surface area (Å²) in [6.45, 7) is 5.85. The van der Waals surface area contributed by atoms with Gasteiger partial charge < -0.3 is 10.1 Å². The fourth-order valence-electron chi connectivity index (χ4n) is 3.31. The van der Waals surface area contributed by atoms with Crippen LogP contribution < -0.4 is 5.32 Å². The summed E-state index contributed by atoms with van der Waals surface area (Å²) in [5, 5.41) is 2.76. The van der Waals surface area contributed by atoms with E-state index in [1.807, 2.05) is 0 Å². The molecule has 0 radical (unpaired) electrons. The highest BCUT2D eigenvalue weighted by molar-refractivity contribution is 6.07. The predicted octanol–water partition coefficient (Wildman–Crippen LogP) is 1.34. The smallest absolute Gasteiger partial charge is 0.240 e. The molecular formula is C17H28N2O4. The summed E-state index contributed by atoms with van der Waals surface area (Å²) in [5.41, 5.74) is 0. The topological polar surface area (TPSA) is 75.7 Å². The standard InChI is InChI=1S/C17H28N2O4/c1-12(2)11-23-9-5-8-18-15(20)10-19-16(21)13-6-3-4-7-14(13)17(19)22/h12-14H,3-11H2,1-2H3,(H,18,20). The van der Waals surface area contributed by atoms with Crippen molar-refractivity contribution >= 4 is 17.7 Å². The molecule has 1 N–H and O–H groups in total. The first-order chi connectivity index (χ1) is 11.0. The van der Waals surface area contributed by atoms with Crippen molar-refractivity contribution in [2.24, 2.45) is 17.8 Å². The second kappa shape index (κ2) is 8.43. The van der Waals surface area contributed by atoms with Crippen molar-refractivity contribution in [1.82, 2.24) is 10.2 Å². The summed E-state index contributed by atoms with van der Waals surface area (Å²) < 4.78 is 5.44. The Kier molecular flexibility index (Phi) is 6.57. The second-order valence-electron chi connectivity index (χ2n) is 6.93. The Morgan fingerprint density at radius 1 is 1.22 bits per heavy atom. The third kappa shape index (κ3) is 4.77. The van der Waals surface area contributed by atoms with Crippen LogP contribution in [0.1, 0.15) is 46.0 Å². The Bertz CT molecular complexity index is 426. The zero-order valence-electron chi connectivity index (χ0n) is 14.2. The molecule has 6 heteroatoms. The normalized spacial score (nSPS) is 24.2. The Morgan fingerprint density at radius 3 is 2.39 bits per heavy atom. The number of amides is 3. The lowest BCUT2D eigenvalue weighted by molar-refractivity contribution is -0.143. The maximum absolute atomic E-state index is 12.3. The lowest BCUT2D eigenvalue weighted by Crippen LogP contribution is -2.41. The fourth-order valence-corrected chi connectivity index (χ4v) is 3.31. The molecule has 3 amide bonds. The molecule has 0 bridgehead atoms. The van der Waals surface area contributed by atoms with Crippen LogP contribution in [0.25, 0.3) is 0 Å². The predicted molar refractivity (Wildman–Crippen MR) is 85.5 cm³/mol. The molecule has 0 aromatic heterocycles. The number of imide groups is 1. The largest absolute Gasteiger partial charge is 0.381 e. The van der Waals surface area contributed by atoms with Crippen molar-refractivity contribution in [3.05, 3.63) is 0 Å². The molecule has 2 rings (SSSR count). The number of rotatable bonds is 8. The number of carbonyl (C=O) groups is 3. The number of nitrogens with zero attached hydrogens (tertiary/aromatic N) is 1. The SMILES string of the molecule is CC(C)COCCCNC(=O)CN1C(=O)C2CCCCC2C1=O. The first-order valence-corrected chi connectivity index (χ1v) is 8.70. The molecule has 0 aromatic rings. The number of hydrogen-bond acceptors (Lipinski definition) is 4. The molecule has 6 nitrogen and oxygen atoms in total. The van der Waals surface area contributed by atoms with E-state index in [0.717, 1.165) is 37.0 Å². The summed E-state index contributed by atoms with van der Waals surface area (Å²) in [4.78, 5) is 37.6. The van der Waals surface area contributed by atoms with Crippen LogP contribution in [-0.2, 0) is 19.1 Å². The number of nitrogens with one attached hydrogen (secondary N) is 1. The van der Waals surface area contributed by atoms with Gasteiger partial charge in [0, 0.05) is 19.8 Å². The van der Waals surface area contributed by atoms with Crippen molar-refractivity contribution < 1.29 is 19.1 Å². The Balaban J connectivity index is 1.69. The average molecular weight is 324 g/mol. The van der Waals surface area contributed by atoms with Gasteiger partial charge in [0.15, 0.2) is 0 Å². The Hall–Kier alpha value is -1.43. The molecule has 2 aliphatic rings. The molecule has 1 saturated carbocycles. The van der Waals surface area contributed by atoms with E-state index in [1.165, 1.54) is 0 Å². The minimum atomic E-state index is -0.269. The monoisotopic (exact) mass is 324 g/mol. The van der Waals surface area contributed by atoms with Crippen molar-refractivity contribution in [3.8, 4) is 0 Å². The quantitative estimate of drug-likeness (QED) is 0.540. The first kappa shape index (κ1) is 17.9. The molecule has 2 atom stereocenters. The van der Waals surface area contributed by atoms with Crippen molar-refractivity contribution in [2.75, 3.05) is 26.3 Å². The molecule has 23 heavy (non-hydrogen) atoms. The minimum absolute atomic E-state index is 0.141. The molecule has 1 aliphatic heterocycles. The highest BCUT2D eigenvalue weighted by atomic mass is 16.5. The molecule has 0 spiro atoms. The van der Waals surface area contributed by atoms with Crippen LogP contribution in [-0.4, -0.2) is 48.9 Å². The first-order valence-electron chi connectivity index (χ1n) is 8.70. The minimum Gasteiger partial charge on any atom is -0.381 e. The highest BCUT2D eigenvalue weighted by Crippen LogP contribution is 2.37. The van der Waals surface area contributed by atoms with Gasteiger partial charge in [-0.3, -0.25) is 19.3 Å². The summed E-state index contributed by atoms with van der Waals surface area (Å²) in [6.07, 6.45) is 4.28. The van der Waals surface area contributed by atoms with Gasteiger partial charge in [0.25, 0.3) is 0 Å². The number of likely N-dealkylation sites (tertiary alicyclic amines) is 1. The molecule has 130 valence electrons. The summed E-state index contributed by atoms with van der Waals surface area (Å²) in [5.74, 6) is -0.457. The van der Waals surface area contributed by atoms with E-state index in [9.17, 15) is 14.4 Å². The van der Waals surface area contributed by atoms with Crippen molar-refractivity contribution in [3.63, 3.8) is 0 Å². The van der Waals surface area contributed by atoms with E-state index in [1.54, 1.807) is 0 Å². The Morgan fingerprint density at radius 2 is 1.83 bits per heavy atom. The lowest BCUT2D eigenvalue weighted by Gasteiger charge is -2.19. The van der Waals surface area contributed by atoms with Gasteiger partial charge >= 0.3 is 0 Å². The van der Waals surface area contributed by atoms with Crippen LogP contribution in [0.15, 0.2) is 0 Å². The number of carbonyl (C=O) groups excluding carboxylic acids is 3. The van der Waals surface area contributed by atoms with Gasteiger partial charge in [0.05, 0.1) is 11.8 Å². The third-order valence-electron chi connectivity index (χ3n) is 4.47. The van der Waals surface area contributed by atoms with Crippen LogP contribution in [0.2, 0.25) is 0 Å². The van der Waals surface area contributed by atoms with E-state index in [-0.39, 0.29) is 36.1 Å². The number of fused-ring (bicyclic) bond motifs is 1. The maximum atomic E-state index is 12.3. The molecule has 2 unspecified atom stereocenters. The van der Waals surface area contributed by atoms with Gasteiger partial charge in [-0.25, -0.2) is 0 Å². The summed E-state index contributed by atoms with van der Waals surface area (Å²) in [6, 6.07) is 0. The van der Waals surface area contributed by atoms with Crippen LogP contribution in [0, 0.1) is 17.8 Å². The number of hydrogen-bond donors (Lipinski definition) is 1. The van der Waals surface area contributed by atoms with Gasteiger partial charge in [-0.2, -0.15) is 0 Å². The zero-order chi connectivity index (χ0) is 16.8. The maximum Gasteiger partial charge on any atom is 0.240 e. The van der Waals surface area contributed by atoms with Crippen molar-refractivity contribution in [2.45, 2.75) is 46.0 Å². The van der Waals surface area contributed by atoms with Gasteiger partial charge in [-0.1, -0.05) is 26.7 Å². The Labute approximate surface area is 137 Å². The molecule has 0 aromatic carbocycles. The average Bonchev–Trinajstić information content (AvgIpc) is 2.76. The molecule has 1 heterocycles. The van der Waals surface area contributed by atoms with Gasteiger partial charge in [-0.05, 0) is 25.2 Å². The van der Waals surface area contributed by atoms with Crippen LogP contribution >= 0.6 is 0 Å². The molecule has 2 fully saturated rings. The molecule has 1 aliphatic carbocycles. The van der Waals surface area contributed by atoms with E-state index >= 15 is 0 Å². The molecule has 1 saturated heterocycles. The van der Waals surface area contributed by atoms with E-state index in [2.05, 4.69) is 19.2 Å². The van der Waals surface area contributed by atoms with Gasteiger partial charge in [-0.15, -0.1) is 0 Å². The highest BCUT2D eigenvalue weighted by Gasteiger charge is 2.48. The van der Waals surface area contributed by atoms with Crippen molar-refractivity contribution in [1.29, 1.82) is 0 Å². The van der Waals surface area contributed by atoms with E-state index < -0.39 is 0 Å². The van der Waals surface area contributed by atoms with Crippen LogP contribution in [0.5, 0.6) is 0 Å².